The van der Waals surface area contributed by atoms with Gasteiger partial charge in [-0.1, -0.05) is 78.4 Å². The first-order valence-electron chi connectivity index (χ1n) is 6.85. The van der Waals surface area contributed by atoms with Gasteiger partial charge in [-0.3, -0.25) is 5.41 Å². The van der Waals surface area contributed by atoms with Crippen molar-refractivity contribution in [3.8, 4) is 0 Å². The van der Waals surface area contributed by atoms with Gasteiger partial charge >= 0.3 is 0 Å². The first-order valence-corrected chi connectivity index (χ1v) is 6.85. The standard InChI is InChI=1S/C19H17N/c1-14-11-12-16(13-14)17-9-5-6-10-18(17)19(20)15-7-3-2-4-8-15/h2-13,16,20H,1H3. The minimum absolute atomic E-state index is 0.287. The van der Waals surface area contributed by atoms with Gasteiger partial charge in [0.15, 0.2) is 0 Å². The number of allylic oxidation sites excluding steroid dienone is 4. The molecule has 0 amide bonds. The summed E-state index contributed by atoms with van der Waals surface area (Å²) in [5.74, 6) is 0.287. The molecule has 1 N–H and O–H groups in total. The zero-order valence-electron chi connectivity index (χ0n) is 11.5. The van der Waals surface area contributed by atoms with Crippen LogP contribution in [0.15, 0.2) is 78.4 Å². The summed E-state index contributed by atoms with van der Waals surface area (Å²) in [4.78, 5) is 0. The first kappa shape index (κ1) is 12.6. The molecule has 98 valence electrons. The summed E-state index contributed by atoms with van der Waals surface area (Å²) in [6.07, 6.45) is 6.59. The van der Waals surface area contributed by atoms with Crippen LogP contribution < -0.4 is 0 Å². The van der Waals surface area contributed by atoms with Gasteiger partial charge in [-0.05, 0) is 12.5 Å². The Bertz CT molecular complexity index is 693. The monoisotopic (exact) mass is 259 g/mol. The molecule has 0 radical (unpaired) electrons. The summed E-state index contributed by atoms with van der Waals surface area (Å²) in [7, 11) is 0. The lowest BCUT2D eigenvalue weighted by molar-refractivity contribution is 1.09. The molecule has 2 aromatic rings. The van der Waals surface area contributed by atoms with Gasteiger partial charge in [0.2, 0.25) is 0 Å². The molecule has 3 rings (SSSR count). The number of nitrogens with one attached hydrogen (secondary N) is 1. The van der Waals surface area contributed by atoms with Crippen molar-refractivity contribution in [2.24, 2.45) is 0 Å². The highest BCUT2D eigenvalue weighted by Crippen LogP contribution is 2.29. The Balaban J connectivity index is 2.03. The third-order valence-electron chi connectivity index (χ3n) is 3.66. The zero-order chi connectivity index (χ0) is 13.9. The van der Waals surface area contributed by atoms with Gasteiger partial charge in [-0.15, -0.1) is 0 Å². The van der Waals surface area contributed by atoms with Crippen molar-refractivity contribution in [2.75, 3.05) is 0 Å². The van der Waals surface area contributed by atoms with E-state index in [2.05, 4.69) is 31.2 Å². The molecule has 0 aromatic heterocycles. The molecule has 0 saturated carbocycles. The zero-order valence-corrected chi connectivity index (χ0v) is 11.5. The Morgan fingerprint density at radius 2 is 1.65 bits per heavy atom. The summed E-state index contributed by atoms with van der Waals surface area (Å²) in [5.41, 5.74) is 5.06. The van der Waals surface area contributed by atoms with Crippen LogP contribution in [0.3, 0.4) is 0 Å². The van der Waals surface area contributed by atoms with E-state index in [0.717, 1.165) is 11.1 Å². The van der Waals surface area contributed by atoms with Crippen LogP contribution in [0.1, 0.15) is 29.5 Å². The summed E-state index contributed by atoms with van der Waals surface area (Å²) in [6.45, 7) is 2.11. The molecular formula is C19H17N. The smallest absolute Gasteiger partial charge is 0.0687 e. The van der Waals surface area contributed by atoms with Crippen molar-refractivity contribution in [2.45, 2.75) is 12.8 Å². The number of benzene rings is 2. The Hall–Kier alpha value is -2.41. The lowest BCUT2D eigenvalue weighted by atomic mass is 9.90. The predicted octanol–water partition coefficient (Wildman–Crippen LogP) is 4.70. The summed E-state index contributed by atoms with van der Waals surface area (Å²) in [6, 6.07) is 18.1. The minimum atomic E-state index is 0.287. The largest absolute Gasteiger partial charge is 0.300 e. The van der Waals surface area contributed by atoms with E-state index in [0.29, 0.717) is 5.71 Å². The Labute approximate surface area is 119 Å². The Morgan fingerprint density at radius 3 is 2.35 bits per heavy atom. The summed E-state index contributed by atoms with van der Waals surface area (Å²) in [5, 5.41) is 8.48. The van der Waals surface area contributed by atoms with E-state index in [1.54, 1.807) is 0 Å². The van der Waals surface area contributed by atoms with E-state index < -0.39 is 0 Å². The van der Waals surface area contributed by atoms with Gasteiger partial charge in [0.05, 0.1) is 5.71 Å². The van der Waals surface area contributed by atoms with Gasteiger partial charge in [-0.2, -0.15) is 0 Å². The Morgan fingerprint density at radius 1 is 0.950 bits per heavy atom. The lowest BCUT2D eigenvalue weighted by Gasteiger charge is -2.14. The summed E-state index contributed by atoms with van der Waals surface area (Å²) < 4.78 is 0. The molecule has 1 atom stereocenters. The Kier molecular flexibility index (Phi) is 3.34. The molecule has 1 nitrogen and oxygen atoms in total. The van der Waals surface area contributed by atoms with Crippen LogP contribution in [0.2, 0.25) is 0 Å². The van der Waals surface area contributed by atoms with Crippen LogP contribution in [0.25, 0.3) is 0 Å². The molecular weight excluding hydrogens is 242 g/mol. The fourth-order valence-corrected chi connectivity index (χ4v) is 2.62. The van der Waals surface area contributed by atoms with Crippen LogP contribution >= 0.6 is 0 Å². The van der Waals surface area contributed by atoms with Crippen LogP contribution in [0.5, 0.6) is 0 Å². The normalized spacial score (nSPS) is 17.1. The average Bonchev–Trinajstić information content (AvgIpc) is 2.94. The second kappa shape index (κ2) is 5.30. The second-order valence-electron chi connectivity index (χ2n) is 5.12. The second-order valence-corrected chi connectivity index (χ2v) is 5.12. The molecule has 0 aliphatic heterocycles. The summed E-state index contributed by atoms with van der Waals surface area (Å²) >= 11 is 0. The molecule has 0 spiro atoms. The van der Waals surface area contributed by atoms with E-state index in [9.17, 15) is 0 Å². The van der Waals surface area contributed by atoms with Gasteiger partial charge in [0.25, 0.3) is 0 Å². The van der Waals surface area contributed by atoms with E-state index >= 15 is 0 Å². The van der Waals surface area contributed by atoms with E-state index in [-0.39, 0.29) is 5.92 Å². The third-order valence-corrected chi connectivity index (χ3v) is 3.66. The molecule has 20 heavy (non-hydrogen) atoms. The van der Waals surface area contributed by atoms with Crippen molar-refractivity contribution in [1.29, 1.82) is 5.41 Å². The van der Waals surface area contributed by atoms with E-state index in [4.69, 9.17) is 5.41 Å². The van der Waals surface area contributed by atoms with Gasteiger partial charge in [-0.25, -0.2) is 0 Å². The van der Waals surface area contributed by atoms with Crippen molar-refractivity contribution < 1.29 is 0 Å². The van der Waals surface area contributed by atoms with Gasteiger partial charge < -0.3 is 0 Å². The lowest BCUT2D eigenvalue weighted by Crippen LogP contribution is -2.06. The molecule has 1 aliphatic rings. The van der Waals surface area contributed by atoms with E-state index in [1.165, 1.54) is 11.1 Å². The van der Waals surface area contributed by atoms with Crippen LogP contribution in [0.4, 0.5) is 0 Å². The maximum absolute atomic E-state index is 8.48. The third kappa shape index (κ3) is 2.35. The quantitative estimate of drug-likeness (QED) is 0.772. The molecule has 1 aliphatic carbocycles. The maximum atomic E-state index is 8.48. The number of hydrogen-bond donors (Lipinski definition) is 1. The fourth-order valence-electron chi connectivity index (χ4n) is 2.62. The number of rotatable bonds is 3. The highest BCUT2D eigenvalue weighted by atomic mass is 14.4. The molecule has 1 heteroatoms. The maximum Gasteiger partial charge on any atom is 0.0687 e. The van der Waals surface area contributed by atoms with Gasteiger partial charge in [0.1, 0.15) is 0 Å². The first-order chi connectivity index (χ1) is 9.75. The van der Waals surface area contributed by atoms with Crippen molar-refractivity contribution in [3.05, 3.63) is 95.1 Å². The highest BCUT2D eigenvalue weighted by molar-refractivity contribution is 6.11. The number of hydrogen-bond acceptors (Lipinski definition) is 1. The molecule has 2 aromatic carbocycles. The van der Waals surface area contributed by atoms with Crippen LogP contribution in [-0.2, 0) is 0 Å². The SMILES string of the molecule is CC1=CC(c2ccccc2C(=N)c2ccccc2)C=C1. The average molecular weight is 259 g/mol. The molecule has 0 heterocycles. The van der Waals surface area contributed by atoms with Crippen LogP contribution in [0, 0.1) is 5.41 Å². The molecule has 1 unspecified atom stereocenters. The van der Waals surface area contributed by atoms with Crippen LogP contribution in [-0.4, -0.2) is 5.71 Å². The van der Waals surface area contributed by atoms with E-state index in [1.807, 2.05) is 48.5 Å². The fraction of sp³-hybridized carbons (Fsp3) is 0.105. The molecule has 0 saturated heterocycles. The minimum Gasteiger partial charge on any atom is -0.300 e. The van der Waals surface area contributed by atoms with Crippen molar-refractivity contribution >= 4 is 5.71 Å². The molecule has 0 bridgehead atoms. The predicted molar refractivity (Wildman–Crippen MR) is 84.5 cm³/mol. The topological polar surface area (TPSA) is 23.9 Å². The molecule has 0 fully saturated rings. The van der Waals surface area contributed by atoms with Crippen molar-refractivity contribution in [1.82, 2.24) is 0 Å². The van der Waals surface area contributed by atoms with Gasteiger partial charge in [0, 0.05) is 17.0 Å². The highest BCUT2D eigenvalue weighted by Gasteiger charge is 2.16. The van der Waals surface area contributed by atoms with Crippen molar-refractivity contribution in [3.63, 3.8) is 0 Å².